The van der Waals surface area contributed by atoms with Gasteiger partial charge in [0.05, 0.1) is 5.56 Å². The summed E-state index contributed by atoms with van der Waals surface area (Å²) in [6.45, 7) is 4.34. The Bertz CT molecular complexity index is 574. The Hall–Kier alpha value is -1.33. The lowest BCUT2D eigenvalue weighted by molar-refractivity contribution is -0.138. The molecule has 0 saturated carbocycles. The summed E-state index contributed by atoms with van der Waals surface area (Å²) in [7, 11) is 0. The van der Waals surface area contributed by atoms with Crippen molar-refractivity contribution in [3.63, 3.8) is 0 Å². The largest absolute Gasteiger partial charge is 0.416 e. The van der Waals surface area contributed by atoms with Crippen molar-refractivity contribution < 1.29 is 13.2 Å². The predicted molar refractivity (Wildman–Crippen MR) is 75.8 cm³/mol. The maximum atomic E-state index is 13.0. The van der Waals surface area contributed by atoms with Crippen LogP contribution < -0.4 is 5.32 Å². The third kappa shape index (κ3) is 3.41. The smallest absolute Gasteiger partial charge is 0.305 e. The SMILES string of the molecule is Cc1ccsc1CNC(C)c1ccccc1C(F)(F)F. The van der Waals surface area contributed by atoms with Gasteiger partial charge in [-0.3, -0.25) is 0 Å². The summed E-state index contributed by atoms with van der Waals surface area (Å²) in [6.07, 6.45) is -4.31. The van der Waals surface area contributed by atoms with Crippen LogP contribution in [0.2, 0.25) is 0 Å². The molecule has 1 atom stereocenters. The number of halogens is 3. The van der Waals surface area contributed by atoms with Crippen molar-refractivity contribution in [3.05, 3.63) is 57.3 Å². The summed E-state index contributed by atoms with van der Waals surface area (Å²) in [5, 5.41) is 5.15. The molecule has 1 aromatic heterocycles. The van der Waals surface area contributed by atoms with Gasteiger partial charge in [-0.15, -0.1) is 11.3 Å². The molecule has 1 heterocycles. The zero-order valence-electron chi connectivity index (χ0n) is 11.3. The first-order valence-electron chi connectivity index (χ1n) is 6.32. The number of benzene rings is 1. The molecule has 1 unspecified atom stereocenters. The molecule has 0 spiro atoms. The van der Waals surface area contributed by atoms with Gasteiger partial charge in [0.1, 0.15) is 0 Å². The van der Waals surface area contributed by atoms with E-state index < -0.39 is 11.7 Å². The summed E-state index contributed by atoms with van der Waals surface area (Å²) in [4.78, 5) is 1.15. The zero-order chi connectivity index (χ0) is 14.8. The van der Waals surface area contributed by atoms with Gasteiger partial charge in [0.25, 0.3) is 0 Å². The van der Waals surface area contributed by atoms with Crippen LogP contribution in [0.5, 0.6) is 0 Å². The molecule has 0 aliphatic heterocycles. The van der Waals surface area contributed by atoms with E-state index in [4.69, 9.17) is 0 Å². The fraction of sp³-hybridized carbons (Fsp3) is 0.333. The molecule has 0 saturated heterocycles. The molecule has 0 aliphatic rings. The normalized spacial score (nSPS) is 13.4. The van der Waals surface area contributed by atoms with Gasteiger partial charge in [0.15, 0.2) is 0 Å². The van der Waals surface area contributed by atoms with Crippen molar-refractivity contribution in [3.8, 4) is 0 Å². The molecule has 1 N–H and O–H groups in total. The van der Waals surface area contributed by atoms with E-state index >= 15 is 0 Å². The highest BCUT2D eigenvalue weighted by atomic mass is 32.1. The lowest BCUT2D eigenvalue weighted by Gasteiger charge is -2.19. The molecule has 2 aromatic rings. The van der Waals surface area contributed by atoms with E-state index in [2.05, 4.69) is 5.32 Å². The van der Waals surface area contributed by atoms with Gasteiger partial charge in [-0.25, -0.2) is 0 Å². The van der Waals surface area contributed by atoms with E-state index in [-0.39, 0.29) is 11.6 Å². The standard InChI is InChI=1S/C15H16F3NS/c1-10-7-8-20-14(10)9-19-11(2)12-5-3-4-6-13(12)15(16,17)18/h3-8,11,19H,9H2,1-2H3. The zero-order valence-corrected chi connectivity index (χ0v) is 12.1. The minimum Gasteiger partial charge on any atom is -0.305 e. The number of aryl methyl sites for hydroxylation is 1. The van der Waals surface area contributed by atoms with Crippen LogP contribution in [0.15, 0.2) is 35.7 Å². The van der Waals surface area contributed by atoms with E-state index in [0.717, 1.165) is 10.9 Å². The third-order valence-electron chi connectivity index (χ3n) is 3.27. The Morgan fingerprint density at radius 3 is 2.50 bits per heavy atom. The first-order chi connectivity index (χ1) is 9.39. The highest BCUT2D eigenvalue weighted by Gasteiger charge is 2.34. The molecule has 108 valence electrons. The maximum Gasteiger partial charge on any atom is 0.416 e. The monoisotopic (exact) mass is 299 g/mol. The van der Waals surface area contributed by atoms with Gasteiger partial charge in [-0.1, -0.05) is 18.2 Å². The maximum absolute atomic E-state index is 13.0. The Balaban J connectivity index is 2.14. The molecule has 0 amide bonds. The van der Waals surface area contributed by atoms with Gasteiger partial charge < -0.3 is 5.32 Å². The summed E-state index contributed by atoms with van der Waals surface area (Å²) in [6, 6.07) is 7.37. The van der Waals surface area contributed by atoms with Gasteiger partial charge in [-0.05, 0) is 42.5 Å². The Morgan fingerprint density at radius 1 is 1.20 bits per heavy atom. The molecule has 0 aliphatic carbocycles. The van der Waals surface area contributed by atoms with Crippen molar-refractivity contribution in [2.45, 2.75) is 32.6 Å². The first-order valence-corrected chi connectivity index (χ1v) is 7.20. The highest BCUT2D eigenvalue weighted by Crippen LogP contribution is 2.34. The number of hydrogen-bond acceptors (Lipinski definition) is 2. The quantitative estimate of drug-likeness (QED) is 0.844. The van der Waals surface area contributed by atoms with Crippen LogP contribution in [-0.4, -0.2) is 0 Å². The molecular weight excluding hydrogens is 283 g/mol. The van der Waals surface area contributed by atoms with Crippen LogP contribution in [0.3, 0.4) is 0 Å². The number of hydrogen-bond donors (Lipinski definition) is 1. The minimum absolute atomic E-state index is 0.286. The fourth-order valence-corrected chi connectivity index (χ4v) is 2.93. The Kier molecular flexibility index (Phi) is 4.50. The summed E-state index contributed by atoms with van der Waals surface area (Å²) < 4.78 is 38.9. The lowest BCUT2D eigenvalue weighted by Crippen LogP contribution is -2.21. The molecule has 20 heavy (non-hydrogen) atoms. The van der Waals surface area contributed by atoms with Gasteiger partial charge in [-0.2, -0.15) is 13.2 Å². The second-order valence-electron chi connectivity index (χ2n) is 4.71. The highest BCUT2D eigenvalue weighted by molar-refractivity contribution is 7.10. The van der Waals surface area contributed by atoms with Crippen LogP contribution in [0.25, 0.3) is 0 Å². The lowest BCUT2D eigenvalue weighted by atomic mass is 10.0. The van der Waals surface area contributed by atoms with E-state index in [1.54, 1.807) is 24.3 Å². The summed E-state index contributed by atoms with van der Waals surface area (Å²) in [5.41, 5.74) is 0.885. The topological polar surface area (TPSA) is 12.0 Å². The van der Waals surface area contributed by atoms with Crippen LogP contribution >= 0.6 is 11.3 Å². The van der Waals surface area contributed by atoms with Crippen LogP contribution in [-0.2, 0) is 12.7 Å². The van der Waals surface area contributed by atoms with E-state index in [1.165, 1.54) is 17.7 Å². The van der Waals surface area contributed by atoms with E-state index in [0.29, 0.717) is 6.54 Å². The van der Waals surface area contributed by atoms with Crippen LogP contribution in [0.4, 0.5) is 13.2 Å². The van der Waals surface area contributed by atoms with E-state index in [1.807, 2.05) is 18.4 Å². The number of thiophene rings is 1. The van der Waals surface area contributed by atoms with Crippen LogP contribution in [0.1, 0.15) is 34.5 Å². The van der Waals surface area contributed by atoms with Crippen LogP contribution in [0, 0.1) is 6.92 Å². The first kappa shape index (κ1) is 15.1. The summed E-state index contributed by atoms with van der Waals surface area (Å²) in [5.74, 6) is 0. The van der Waals surface area contributed by atoms with Crippen molar-refractivity contribution in [1.82, 2.24) is 5.32 Å². The average Bonchev–Trinajstić information content (AvgIpc) is 2.80. The number of rotatable bonds is 4. The molecule has 0 radical (unpaired) electrons. The van der Waals surface area contributed by atoms with Gasteiger partial charge in [0, 0.05) is 17.5 Å². The molecule has 0 fully saturated rings. The number of nitrogens with one attached hydrogen (secondary N) is 1. The molecule has 5 heteroatoms. The second-order valence-corrected chi connectivity index (χ2v) is 5.72. The fourth-order valence-electron chi connectivity index (χ4n) is 2.07. The Labute approximate surface area is 120 Å². The molecule has 1 nitrogen and oxygen atoms in total. The predicted octanol–water partition coefficient (Wildman–Crippen LogP) is 4.93. The molecule has 0 bridgehead atoms. The van der Waals surface area contributed by atoms with Gasteiger partial charge >= 0.3 is 6.18 Å². The third-order valence-corrected chi connectivity index (χ3v) is 4.29. The van der Waals surface area contributed by atoms with E-state index in [9.17, 15) is 13.2 Å². The molecular formula is C15H16F3NS. The Morgan fingerprint density at radius 2 is 1.90 bits per heavy atom. The molecule has 2 rings (SSSR count). The molecule has 1 aromatic carbocycles. The second kappa shape index (κ2) is 5.97. The summed E-state index contributed by atoms with van der Waals surface area (Å²) >= 11 is 1.61. The van der Waals surface area contributed by atoms with Crippen molar-refractivity contribution in [1.29, 1.82) is 0 Å². The van der Waals surface area contributed by atoms with Crippen molar-refractivity contribution in [2.75, 3.05) is 0 Å². The number of alkyl halides is 3. The van der Waals surface area contributed by atoms with Crippen molar-refractivity contribution in [2.24, 2.45) is 0 Å². The minimum atomic E-state index is -4.31. The van der Waals surface area contributed by atoms with Crippen molar-refractivity contribution >= 4 is 11.3 Å². The average molecular weight is 299 g/mol. The van der Waals surface area contributed by atoms with Gasteiger partial charge in [0.2, 0.25) is 0 Å².